The fourth-order valence-corrected chi connectivity index (χ4v) is 2.41. The van der Waals surface area contributed by atoms with Crippen LogP contribution in [0.5, 0.6) is 0 Å². The van der Waals surface area contributed by atoms with E-state index < -0.39 is 5.97 Å². The van der Waals surface area contributed by atoms with Gasteiger partial charge in [0.05, 0.1) is 5.56 Å². The highest BCUT2D eigenvalue weighted by atomic mass is 19.1. The van der Waals surface area contributed by atoms with Crippen LogP contribution in [0.1, 0.15) is 22.8 Å². The summed E-state index contributed by atoms with van der Waals surface area (Å²) in [6.45, 7) is 5.30. The summed E-state index contributed by atoms with van der Waals surface area (Å²) in [7, 11) is 2.08. The topological polar surface area (TPSA) is 43.8 Å². The summed E-state index contributed by atoms with van der Waals surface area (Å²) in [5.41, 5.74) is 0.734. The number of likely N-dealkylation sites (N-methyl/N-ethyl adjacent to an activating group) is 1. The molecule has 1 aliphatic rings. The molecule has 1 aromatic carbocycles. The molecule has 1 saturated heterocycles. The SMILES string of the molecule is CC1CN(Cc2cc(F)ccc2C(=O)O)CCN1C. The number of aromatic carboxylic acids is 1. The molecule has 1 aromatic rings. The number of carbonyl (C=O) groups is 1. The fraction of sp³-hybridized carbons (Fsp3) is 0.500. The van der Waals surface area contributed by atoms with Crippen LogP contribution < -0.4 is 0 Å². The molecule has 0 aromatic heterocycles. The average molecular weight is 266 g/mol. The molecule has 0 bridgehead atoms. The Morgan fingerprint density at radius 3 is 2.84 bits per heavy atom. The number of halogens is 1. The Hall–Kier alpha value is -1.46. The van der Waals surface area contributed by atoms with Crippen molar-refractivity contribution < 1.29 is 14.3 Å². The minimum Gasteiger partial charge on any atom is -0.478 e. The van der Waals surface area contributed by atoms with Gasteiger partial charge in [-0.3, -0.25) is 4.90 Å². The molecule has 1 unspecified atom stereocenters. The third kappa shape index (κ3) is 3.30. The molecular formula is C14H19FN2O2. The van der Waals surface area contributed by atoms with Crippen molar-refractivity contribution in [2.45, 2.75) is 19.5 Å². The molecule has 19 heavy (non-hydrogen) atoms. The van der Waals surface area contributed by atoms with Gasteiger partial charge >= 0.3 is 5.97 Å². The Morgan fingerprint density at radius 1 is 1.47 bits per heavy atom. The Balaban J connectivity index is 2.14. The number of nitrogens with zero attached hydrogens (tertiary/aromatic N) is 2. The lowest BCUT2D eigenvalue weighted by Gasteiger charge is -2.37. The van der Waals surface area contributed by atoms with Gasteiger partial charge < -0.3 is 10.0 Å². The van der Waals surface area contributed by atoms with Crippen molar-refractivity contribution in [1.29, 1.82) is 0 Å². The van der Waals surface area contributed by atoms with Crippen LogP contribution >= 0.6 is 0 Å². The van der Waals surface area contributed by atoms with Crippen molar-refractivity contribution in [2.24, 2.45) is 0 Å². The van der Waals surface area contributed by atoms with Crippen molar-refractivity contribution in [1.82, 2.24) is 9.80 Å². The minimum absolute atomic E-state index is 0.188. The van der Waals surface area contributed by atoms with Crippen LogP contribution in [0.2, 0.25) is 0 Å². The van der Waals surface area contributed by atoms with Gasteiger partial charge in [0.1, 0.15) is 5.82 Å². The fourth-order valence-electron chi connectivity index (χ4n) is 2.41. The van der Waals surface area contributed by atoms with Crippen LogP contribution in [0.4, 0.5) is 4.39 Å². The highest BCUT2D eigenvalue weighted by Gasteiger charge is 2.22. The first-order valence-corrected chi connectivity index (χ1v) is 6.41. The summed E-state index contributed by atoms with van der Waals surface area (Å²) in [6, 6.07) is 4.29. The Morgan fingerprint density at radius 2 is 2.21 bits per heavy atom. The van der Waals surface area contributed by atoms with Crippen molar-refractivity contribution in [3.8, 4) is 0 Å². The van der Waals surface area contributed by atoms with Crippen LogP contribution in [-0.4, -0.2) is 53.6 Å². The summed E-state index contributed by atoms with van der Waals surface area (Å²) in [4.78, 5) is 15.6. The second kappa shape index (κ2) is 5.67. The van der Waals surface area contributed by atoms with Crippen LogP contribution in [0.25, 0.3) is 0 Å². The number of benzene rings is 1. The smallest absolute Gasteiger partial charge is 0.336 e. The number of hydrogen-bond acceptors (Lipinski definition) is 3. The molecule has 0 amide bonds. The first-order valence-electron chi connectivity index (χ1n) is 6.41. The van der Waals surface area contributed by atoms with Crippen LogP contribution in [0.15, 0.2) is 18.2 Å². The number of piperazine rings is 1. The van der Waals surface area contributed by atoms with Gasteiger partial charge in [0, 0.05) is 32.2 Å². The molecule has 1 aliphatic heterocycles. The molecule has 4 nitrogen and oxygen atoms in total. The lowest BCUT2D eigenvalue weighted by Crippen LogP contribution is -2.49. The Bertz CT molecular complexity index is 479. The zero-order valence-corrected chi connectivity index (χ0v) is 11.3. The van der Waals surface area contributed by atoms with Gasteiger partial charge in [-0.15, -0.1) is 0 Å². The van der Waals surface area contributed by atoms with Crippen molar-refractivity contribution in [3.05, 3.63) is 35.1 Å². The molecule has 1 fully saturated rings. The maximum absolute atomic E-state index is 13.3. The van der Waals surface area contributed by atoms with Gasteiger partial charge in [-0.1, -0.05) is 0 Å². The summed E-state index contributed by atoms with van der Waals surface area (Å²) in [6.07, 6.45) is 0. The zero-order valence-electron chi connectivity index (χ0n) is 11.3. The van der Waals surface area contributed by atoms with E-state index in [9.17, 15) is 9.18 Å². The van der Waals surface area contributed by atoms with E-state index >= 15 is 0 Å². The lowest BCUT2D eigenvalue weighted by atomic mass is 10.1. The van der Waals surface area contributed by atoms with E-state index in [0.717, 1.165) is 19.6 Å². The Labute approximate surface area is 112 Å². The number of rotatable bonds is 3. The third-order valence-corrected chi connectivity index (χ3v) is 3.74. The van der Waals surface area contributed by atoms with Crippen LogP contribution in [0, 0.1) is 5.82 Å². The maximum atomic E-state index is 13.3. The second-order valence-electron chi connectivity index (χ2n) is 5.17. The maximum Gasteiger partial charge on any atom is 0.336 e. The normalized spacial score (nSPS) is 21.5. The van der Waals surface area contributed by atoms with E-state index in [1.54, 1.807) is 0 Å². The van der Waals surface area contributed by atoms with E-state index in [1.165, 1.54) is 18.2 Å². The molecule has 0 aliphatic carbocycles. The van der Waals surface area contributed by atoms with Gasteiger partial charge in [0.25, 0.3) is 0 Å². The van der Waals surface area contributed by atoms with Gasteiger partial charge in [0.15, 0.2) is 0 Å². The minimum atomic E-state index is -1.00. The first-order chi connectivity index (χ1) is 8.97. The number of hydrogen-bond donors (Lipinski definition) is 1. The van der Waals surface area contributed by atoms with Crippen molar-refractivity contribution in [2.75, 3.05) is 26.7 Å². The number of carboxylic acid groups (broad SMARTS) is 1. The van der Waals surface area contributed by atoms with E-state index in [0.29, 0.717) is 18.2 Å². The lowest BCUT2D eigenvalue weighted by molar-refractivity contribution is 0.0690. The predicted molar refractivity (Wildman–Crippen MR) is 70.7 cm³/mol. The van der Waals surface area contributed by atoms with E-state index in [4.69, 9.17) is 5.11 Å². The predicted octanol–water partition coefficient (Wildman–Crippen LogP) is 1.66. The summed E-state index contributed by atoms with van der Waals surface area (Å²) in [5, 5.41) is 9.13. The van der Waals surface area contributed by atoms with Gasteiger partial charge in [-0.25, -0.2) is 9.18 Å². The largest absolute Gasteiger partial charge is 0.478 e. The van der Waals surface area contributed by atoms with Crippen LogP contribution in [0.3, 0.4) is 0 Å². The standard InChI is InChI=1S/C14H19FN2O2/c1-10-8-17(6-5-16(10)2)9-11-7-12(15)3-4-13(11)14(18)19/h3-4,7,10H,5-6,8-9H2,1-2H3,(H,18,19). The second-order valence-corrected chi connectivity index (χ2v) is 5.17. The van der Waals surface area contributed by atoms with Crippen molar-refractivity contribution >= 4 is 5.97 Å². The molecule has 1 atom stereocenters. The first kappa shape index (κ1) is 14.0. The van der Waals surface area contributed by atoms with Gasteiger partial charge in [0.2, 0.25) is 0 Å². The van der Waals surface area contributed by atoms with E-state index in [2.05, 4.69) is 23.8 Å². The monoisotopic (exact) mass is 266 g/mol. The molecule has 0 radical (unpaired) electrons. The van der Waals surface area contributed by atoms with Crippen molar-refractivity contribution in [3.63, 3.8) is 0 Å². The molecule has 104 valence electrons. The molecule has 1 heterocycles. The van der Waals surface area contributed by atoms with Gasteiger partial charge in [-0.05, 0) is 37.7 Å². The molecular weight excluding hydrogens is 247 g/mol. The molecule has 5 heteroatoms. The summed E-state index contributed by atoms with van der Waals surface area (Å²) < 4.78 is 13.3. The molecule has 0 spiro atoms. The Kier molecular flexibility index (Phi) is 4.17. The zero-order chi connectivity index (χ0) is 14.0. The highest BCUT2D eigenvalue weighted by molar-refractivity contribution is 5.89. The molecule has 2 rings (SSSR count). The van der Waals surface area contributed by atoms with Crippen LogP contribution in [-0.2, 0) is 6.54 Å². The third-order valence-electron chi connectivity index (χ3n) is 3.74. The van der Waals surface area contributed by atoms with Gasteiger partial charge in [-0.2, -0.15) is 0 Å². The quantitative estimate of drug-likeness (QED) is 0.903. The molecule has 1 N–H and O–H groups in total. The highest BCUT2D eigenvalue weighted by Crippen LogP contribution is 2.16. The van der Waals surface area contributed by atoms with E-state index in [1.807, 2.05) is 0 Å². The molecule has 0 saturated carbocycles. The van der Waals surface area contributed by atoms with E-state index in [-0.39, 0.29) is 11.4 Å². The average Bonchev–Trinajstić information content (AvgIpc) is 2.33. The summed E-state index contributed by atoms with van der Waals surface area (Å²) >= 11 is 0. The number of carboxylic acids is 1. The summed E-state index contributed by atoms with van der Waals surface area (Å²) in [5.74, 6) is -1.39.